The highest BCUT2D eigenvalue weighted by atomic mass is 16.7. The molecule has 3 aromatic rings. The Morgan fingerprint density at radius 3 is 2.71 bits per heavy atom. The Morgan fingerprint density at radius 1 is 1.21 bits per heavy atom. The second-order valence-corrected chi connectivity index (χ2v) is 7.73. The van der Waals surface area contributed by atoms with E-state index in [0.717, 1.165) is 0 Å². The van der Waals surface area contributed by atoms with Gasteiger partial charge >= 0.3 is 12.1 Å². The van der Waals surface area contributed by atoms with E-state index in [4.69, 9.17) is 19.7 Å². The van der Waals surface area contributed by atoms with Gasteiger partial charge < -0.3 is 24.1 Å². The Hall–Kier alpha value is -5.10. The molecule has 0 bridgehead atoms. The van der Waals surface area contributed by atoms with Gasteiger partial charge in [0.05, 0.1) is 23.8 Å². The number of nitro benzene ring substituents is 1. The first kappa shape index (κ1) is 27.5. The molecule has 0 aliphatic heterocycles. The molecule has 1 N–H and O–H groups in total. The maximum Gasteiger partial charge on any atom is 0.514 e. The maximum atomic E-state index is 12.0. The second kappa shape index (κ2) is 13.8. The fraction of sp³-hybridized carbons (Fsp3) is 0.292. The fourth-order valence-electron chi connectivity index (χ4n) is 3.37. The largest absolute Gasteiger partial charge is 0.514 e. The normalized spacial score (nSPS) is 10.2. The maximum absolute atomic E-state index is 12.0. The van der Waals surface area contributed by atoms with Gasteiger partial charge in [0.1, 0.15) is 18.2 Å². The quantitative estimate of drug-likeness (QED) is 0.0582. The number of hydrogen-bond donors (Lipinski definition) is 1. The monoisotopic (exact) mass is 523 g/mol. The molecular formula is C24H25N7O7. The third kappa shape index (κ3) is 8.24. The van der Waals surface area contributed by atoms with Crippen molar-refractivity contribution < 1.29 is 28.7 Å². The summed E-state index contributed by atoms with van der Waals surface area (Å²) >= 11 is 0. The van der Waals surface area contributed by atoms with Crippen LogP contribution in [0.4, 0.5) is 21.9 Å². The number of anilines is 1. The molecule has 38 heavy (non-hydrogen) atoms. The van der Waals surface area contributed by atoms with Crippen molar-refractivity contribution in [3.05, 3.63) is 86.8 Å². The number of benzene rings is 2. The molecule has 14 nitrogen and oxygen atoms in total. The highest BCUT2D eigenvalue weighted by Gasteiger charge is 2.12. The van der Waals surface area contributed by atoms with Gasteiger partial charge in [-0.25, -0.2) is 9.78 Å². The van der Waals surface area contributed by atoms with Crippen LogP contribution in [0.1, 0.15) is 31.2 Å². The highest BCUT2D eigenvalue weighted by molar-refractivity contribution is 5.69. The van der Waals surface area contributed by atoms with E-state index in [-0.39, 0.29) is 24.0 Å². The summed E-state index contributed by atoms with van der Waals surface area (Å²) < 4.78 is 17.0. The number of azide groups is 1. The lowest BCUT2D eigenvalue weighted by Crippen LogP contribution is -2.11. The van der Waals surface area contributed by atoms with Crippen molar-refractivity contribution in [2.75, 3.05) is 11.9 Å². The lowest BCUT2D eigenvalue weighted by molar-refractivity contribution is -0.384. The number of hydrogen-bond acceptors (Lipinski definition) is 10. The number of aryl methyl sites for hydroxylation is 1. The zero-order chi connectivity index (χ0) is 27.3. The van der Waals surface area contributed by atoms with Crippen LogP contribution in [0.2, 0.25) is 0 Å². The minimum absolute atomic E-state index is 0.0967. The van der Waals surface area contributed by atoms with Crippen molar-refractivity contribution in [2.24, 2.45) is 5.11 Å². The Morgan fingerprint density at radius 2 is 2.00 bits per heavy atom. The lowest BCUT2D eigenvalue weighted by Gasteiger charge is -2.13. The van der Waals surface area contributed by atoms with Crippen LogP contribution >= 0.6 is 0 Å². The number of rotatable bonds is 13. The minimum atomic E-state index is -0.989. The summed E-state index contributed by atoms with van der Waals surface area (Å²) in [6, 6.07) is 9.87. The molecule has 1 heterocycles. The van der Waals surface area contributed by atoms with E-state index in [2.05, 4.69) is 20.3 Å². The minimum Gasteiger partial charge on any atom is -0.466 e. The summed E-state index contributed by atoms with van der Waals surface area (Å²) in [6.45, 7) is 2.84. The van der Waals surface area contributed by atoms with Crippen LogP contribution in [0, 0.1) is 10.1 Å². The molecule has 0 radical (unpaired) electrons. The topological polar surface area (TPSA) is 184 Å². The van der Waals surface area contributed by atoms with Crippen LogP contribution < -0.4 is 10.1 Å². The van der Waals surface area contributed by atoms with Crippen molar-refractivity contribution in [3.63, 3.8) is 0 Å². The Bertz CT molecular complexity index is 1320. The van der Waals surface area contributed by atoms with E-state index in [0.29, 0.717) is 55.3 Å². The van der Waals surface area contributed by atoms with Gasteiger partial charge in [0.2, 0.25) is 0 Å². The van der Waals surface area contributed by atoms with Crippen molar-refractivity contribution >= 4 is 29.2 Å². The third-order valence-electron chi connectivity index (χ3n) is 5.14. The highest BCUT2D eigenvalue weighted by Crippen LogP contribution is 2.27. The fourth-order valence-corrected chi connectivity index (χ4v) is 3.37. The summed E-state index contributed by atoms with van der Waals surface area (Å²) in [4.78, 5) is 40.9. The summed E-state index contributed by atoms with van der Waals surface area (Å²) in [5.41, 5.74) is 10.2. The van der Waals surface area contributed by atoms with Crippen molar-refractivity contribution in [2.45, 2.75) is 39.5 Å². The van der Waals surface area contributed by atoms with Gasteiger partial charge in [0, 0.05) is 48.1 Å². The molecule has 0 unspecified atom stereocenters. The molecule has 0 amide bonds. The average Bonchev–Trinajstić information content (AvgIpc) is 3.35. The van der Waals surface area contributed by atoms with E-state index >= 15 is 0 Å². The zero-order valence-corrected chi connectivity index (χ0v) is 20.5. The Labute approximate surface area is 216 Å². The van der Waals surface area contributed by atoms with E-state index in [1.165, 1.54) is 24.3 Å². The molecule has 0 fully saturated rings. The van der Waals surface area contributed by atoms with E-state index in [9.17, 15) is 19.7 Å². The number of imidazole rings is 1. The Kier molecular flexibility index (Phi) is 10.0. The molecule has 0 aliphatic carbocycles. The van der Waals surface area contributed by atoms with Gasteiger partial charge in [0.25, 0.3) is 5.69 Å². The van der Waals surface area contributed by atoms with Gasteiger partial charge in [-0.2, -0.15) is 0 Å². The third-order valence-corrected chi connectivity index (χ3v) is 5.14. The van der Waals surface area contributed by atoms with Crippen LogP contribution in [-0.2, 0) is 34.0 Å². The smallest absolute Gasteiger partial charge is 0.466 e. The molecule has 0 aliphatic rings. The van der Waals surface area contributed by atoms with Gasteiger partial charge in [-0.3, -0.25) is 14.9 Å². The molecular weight excluding hydrogens is 498 g/mol. The first-order valence-electron chi connectivity index (χ1n) is 11.6. The van der Waals surface area contributed by atoms with Gasteiger partial charge in [-0.15, -0.1) is 0 Å². The molecule has 1 aromatic heterocycles. The molecule has 0 atom stereocenters. The molecule has 2 aromatic carbocycles. The second-order valence-electron chi connectivity index (χ2n) is 7.73. The number of ether oxygens (including phenoxy) is 3. The molecule has 0 spiro atoms. The molecule has 0 saturated heterocycles. The predicted molar refractivity (Wildman–Crippen MR) is 135 cm³/mol. The van der Waals surface area contributed by atoms with E-state index < -0.39 is 11.1 Å². The summed E-state index contributed by atoms with van der Waals surface area (Å²) in [7, 11) is 0. The number of non-ortho nitro benzene ring substituents is 1. The molecule has 3 rings (SSSR count). The summed E-state index contributed by atoms with van der Waals surface area (Å²) in [5.74, 6) is 0.551. The lowest BCUT2D eigenvalue weighted by atomic mass is 10.2. The first-order valence-corrected chi connectivity index (χ1v) is 11.6. The van der Waals surface area contributed by atoms with Gasteiger partial charge in [-0.1, -0.05) is 17.2 Å². The van der Waals surface area contributed by atoms with Crippen LogP contribution in [0.5, 0.6) is 5.75 Å². The summed E-state index contributed by atoms with van der Waals surface area (Å²) in [5, 5.41) is 17.6. The summed E-state index contributed by atoms with van der Waals surface area (Å²) in [6.07, 6.45) is 3.36. The SMILES string of the molecule is CCOC(=O)CCCn1ccnc1CNc1cc(COC(=O)Oc2ccc([N+](=O)[O-])cc2)ccc1N=[N+]=[N-]. The molecule has 14 heteroatoms. The van der Waals surface area contributed by atoms with Crippen LogP contribution in [0.25, 0.3) is 10.4 Å². The Balaban J connectivity index is 1.58. The number of aromatic nitrogens is 2. The number of carbonyl (C=O) groups is 2. The molecule has 198 valence electrons. The average molecular weight is 524 g/mol. The van der Waals surface area contributed by atoms with Crippen LogP contribution in [0.15, 0.2) is 60.0 Å². The van der Waals surface area contributed by atoms with Crippen LogP contribution in [-0.4, -0.2) is 33.2 Å². The molecule has 0 saturated carbocycles. The van der Waals surface area contributed by atoms with Crippen LogP contribution in [0.3, 0.4) is 0 Å². The number of esters is 1. The predicted octanol–water partition coefficient (Wildman–Crippen LogP) is 5.40. The van der Waals surface area contributed by atoms with Gasteiger partial charge in [-0.05, 0) is 42.6 Å². The number of nitro groups is 1. The standard InChI is InChI=1S/C24H25N7O7/c1-2-36-23(32)4-3-12-30-13-11-26-22(30)15-27-21-14-17(5-10-20(21)28-29-25)16-37-24(33)38-19-8-6-18(7-9-19)31(34)35/h5-11,13-14,27H,2-4,12,15-16H2,1H3. The zero-order valence-electron chi connectivity index (χ0n) is 20.5. The number of carbonyl (C=O) groups excluding carboxylic acids is 2. The van der Waals surface area contributed by atoms with Crippen molar-refractivity contribution in [1.29, 1.82) is 0 Å². The number of nitrogens with one attached hydrogen (secondary N) is 1. The van der Waals surface area contributed by atoms with E-state index in [1.807, 2.05) is 4.57 Å². The van der Waals surface area contributed by atoms with Crippen molar-refractivity contribution in [3.8, 4) is 5.75 Å². The first-order chi connectivity index (χ1) is 18.4. The van der Waals surface area contributed by atoms with Gasteiger partial charge in [0.15, 0.2) is 0 Å². The van der Waals surface area contributed by atoms with E-state index in [1.54, 1.807) is 37.5 Å². The number of nitrogens with zero attached hydrogens (tertiary/aromatic N) is 6. The van der Waals surface area contributed by atoms with Crippen molar-refractivity contribution in [1.82, 2.24) is 9.55 Å².